The van der Waals surface area contributed by atoms with Crippen molar-refractivity contribution in [3.05, 3.63) is 23.0 Å². The molecule has 5 heteroatoms. The van der Waals surface area contributed by atoms with Crippen LogP contribution in [-0.2, 0) is 6.54 Å². The fraction of sp³-hybridized carbons (Fsp3) is 0.636. The van der Waals surface area contributed by atoms with Gasteiger partial charge in [-0.3, -0.25) is 4.90 Å². The third kappa shape index (κ3) is 2.90. The highest BCUT2D eigenvalue weighted by molar-refractivity contribution is 6.29. The number of aliphatic hydroxyl groups is 1. The van der Waals surface area contributed by atoms with Crippen LogP contribution in [0.5, 0.6) is 0 Å². The molecule has 2 heterocycles. The van der Waals surface area contributed by atoms with Gasteiger partial charge in [0.15, 0.2) is 5.15 Å². The lowest BCUT2D eigenvalue weighted by molar-refractivity contribution is 0.0828. The van der Waals surface area contributed by atoms with Crippen LogP contribution in [0, 0.1) is 0 Å². The number of hydrogen-bond donors (Lipinski definition) is 1. The number of hydrogen-bond acceptors (Lipinski definition) is 4. The van der Waals surface area contributed by atoms with Crippen LogP contribution in [0.15, 0.2) is 12.1 Å². The van der Waals surface area contributed by atoms with E-state index in [9.17, 15) is 5.11 Å². The highest BCUT2D eigenvalue weighted by Gasteiger charge is 2.21. The lowest BCUT2D eigenvalue weighted by atomic mass is 10.0. The quantitative estimate of drug-likeness (QED) is 0.871. The molecule has 0 bridgehead atoms. The Hall–Kier alpha value is -0.710. The third-order valence-corrected chi connectivity index (χ3v) is 3.21. The maximum atomic E-state index is 9.28. The second-order valence-electron chi connectivity index (χ2n) is 4.15. The highest BCUT2D eigenvalue weighted by Crippen LogP contribution is 2.18. The zero-order valence-corrected chi connectivity index (χ0v) is 9.90. The SMILES string of the molecule is OC[C@@H]1CCCCN1Cc1ccc(Cl)nn1. The molecule has 0 aromatic carbocycles. The van der Waals surface area contributed by atoms with Crippen molar-refractivity contribution >= 4 is 11.6 Å². The molecule has 0 radical (unpaired) electrons. The second-order valence-corrected chi connectivity index (χ2v) is 4.54. The first kappa shape index (κ1) is 11.8. The molecule has 0 aliphatic carbocycles. The molecule has 1 aromatic rings. The van der Waals surface area contributed by atoms with E-state index in [0.29, 0.717) is 5.15 Å². The van der Waals surface area contributed by atoms with Gasteiger partial charge in [-0.1, -0.05) is 18.0 Å². The summed E-state index contributed by atoms with van der Waals surface area (Å²) in [7, 11) is 0. The largest absolute Gasteiger partial charge is 0.395 e. The van der Waals surface area contributed by atoms with Crippen LogP contribution >= 0.6 is 11.6 Å². The van der Waals surface area contributed by atoms with Gasteiger partial charge in [0.25, 0.3) is 0 Å². The monoisotopic (exact) mass is 241 g/mol. The average Bonchev–Trinajstić information content (AvgIpc) is 2.33. The van der Waals surface area contributed by atoms with E-state index in [1.165, 1.54) is 12.8 Å². The lowest BCUT2D eigenvalue weighted by Crippen LogP contribution is -2.41. The Kier molecular flexibility index (Phi) is 4.09. The van der Waals surface area contributed by atoms with Crippen LogP contribution in [0.1, 0.15) is 25.0 Å². The van der Waals surface area contributed by atoms with Gasteiger partial charge < -0.3 is 5.11 Å². The minimum atomic E-state index is 0.223. The summed E-state index contributed by atoms with van der Waals surface area (Å²) in [6.45, 7) is 1.99. The normalized spacial score (nSPS) is 22.2. The number of halogens is 1. The minimum absolute atomic E-state index is 0.223. The van der Waals surface area contributed by atoms with Gasteiger partial charge in [-0.15, -0.1) is 5.10 Å². The lowest BCUT2D eigenvalue weighted by Gasteiger charge is -2.34. The number of aromatic nitrogens is 2. The van der Waals surface area contributed by atoms with Crippen molar-refractivity contribution in [3.8, 4) is 0 Å². The molecule has 0 spiro atoms. The van der Waals surface area contributed by atoms with E-state index in [4.69, 9.17) is 11.6 Å². The van der Waals surface area contributed by atoms with Gasteiger partial charge in [-0.2, -0.15) is 5.10 Å². The van der Waals surface area contributed by atoms with Gasteiger partial charge in [-0.05, 0) is 31.5 Å². The van der Waals surface area contributed by atoms with Crippen molar-refractivity contribution < 1.29 is 5.11 Å². The van der Waals surface area contributed by atoms with Crippen molar-refractivity contribution in [1.29, 1.82) is 0 Å². The van der Waals surface area contributed by atoms with Crippen molar-refractivity contribution in [2.45, 2.75) is 31.8 Å². The fourth-order valence-corrected chi connectivity index (χ4v) is 2.21. The highest BCUT2D eigenvalue weighted by atomic mass is 35.5. The van der Waals surface area contributed by atoms with E-state index < -0.39 is 0 Å². The van der Waals surface area contributed by atoms with Gasteiger partial charge in [0.1, 0.15) is 0 Å². The summed E-state index contributed by atoms with van der Waals surface area (Å²) in [4.78, 5) is 2.27. The van der Waals surface area contributed by atoms with Crippen LogP contribution in [0.4, 0.5) is 0 Å². The summed E-state index contributed by atoms with van der Waals surface area (Å²) in [6.07, 6.45) is 3.46. The topological polar surface area (TPSA) is 49.2 Å². The maximum absolute atomic E-state index is 9.28. The number of piperidine rings is 1. The van der Waals surface area contributed by atoms with Gasteiger partial charge in [0, 0.05) is 12.6 Å². The standard InChI is InChI=1S/C11H16ClN3O/c12-11-5-4-9(13-14-11)7-15-6-2-1-3-10(15)8-16/h4-5,10,16H,1-3,6-8H2/t10-/m0/s1. The molecule has 0 unspecified atom stereocenters. The van der Waals surface area contributed by atoms with Crippen LogP contribution in [0.3, 0.4) is 0 Å². The predicted molar refractivity (Wildman–Crippen MR) is 62.2 cm³/mol. The van der Waals surface area contributed by atoms with E-state index in [0.717, 1.165) is 25.2 Å². The molecule has 0 amide bonds. The van der Waals surface area contributed by atoms with Gasteiger partial charge in [0.2, 0.25) is 0 Å². The second kappa shape index (κ2) is 5.57. The van der Waals surface area contributed by atoms with Crippen LogP contribution in [0.25, 0.3) is 0 Å². The summed E-state index contributed by atoms with van der Waals surface area (Å²) in [5, 5.41) is 17.6. The van der Waals surface area contributed by atoms with Gasteiger partial charge in [0.05, 0.1) is 12.3 Å². The smallest absolute Gasteiger partial charge is 0.151 e. The Bertz CT molecular complexity index is 331. The first-order valence-electron chi connectivity index (χ1n) is 5.62. The summed E-state index contributed by atoms with van der Waals surface area (Å²) in [6, 6.07) is 3.91. The number of rotatable bonds is 3. The maximum Gasteiger partial charge on any atom is 0.151 e. The molecule has 1 fully saturated rings. The molecule has 0 saturated carbocycles. The van der Waals surface area contributed by atoms with Gasteiger partial charge >= 0.3 is 0 Å². The molecule has 1 aliphatic rings. The molecule has 88 valence electrons. The first-order chi connectivity index (χ1) is 7.79. The Labute approximate surface area is 100 Å². The summed E-state index contributed by atoms with van der Waals surface area (Å²) in [5.41, 5.74) is 0.907. The van der Waals surface area contributed by atoms with Gasteiger partial charge in [-0.25, -0.2) is 0 Å². The fourth-order valence-electron chi connectivity index (χ4n) is 2.11. The van der Waals surface area contributed by atoms with Crippen LogP contribution in [0.2, 0.25) is 5.15 Å². The molecule has 16 heavy (non-hydrogen) atoms. The first-order valence-corrected chi connectivity index (χ1v) is 6.00. The molecule has 4 nitrogen and oxygen atoms in total. The van der Waals surface area contributed by atoms with E-state index in [2.05, 4.69) is 15.1 Å². The molecule has 1 N–H and O–H groups in total. The predicted octanol–water partition coefficient (Wildman–Crippen LogP) is 1.48. The minimum Gasteiger partial charge on any atom is -0.395 e. The molecular formula is C11H16ClN3O. The van der Waals surface area contributed by atoms with Crippen molar-refractivity contribution in [3.63, 3.8) is 0 Å². The van der Waals surface area contributed by atoms with Crippen molar-refractivity contribution in [2.75, 3.05) is 13.2 Å². The van der Waals surface area contributed by atoms with Crippen LogP contribution in [-0.4, -0.2) is 39.4 Å². The summed E-state index contributed by atoms with van der Waals surface area (Å²) < 4.78 is 0. The molecule has 1 aliphatic heterocycles. The molecular weight excluding hydrogens is 226 g/mol. The van der Waals surface area contributed by atoms with Crippen LogP contribution < -0.4 is 0 Å². The van der Waals surface area contributed by atoms with E-state index >= 15 is 0 Å². The Morgan fingerprint density at radius 3 is 2.94 bits per heavy atom. The molecule has 1 aromatic heterocycles. The van der Waals surface area contributed by atoms with Crippen molar-refractivity contribution in [2.24, 2.45) is 0 Å². The average molecular weight is 242 g/mol. The summed E-state index contributed by atoms with van der Waals surface area (Å²) >= 11 is 5.68. The third-order valence-electron chi connectivity index (χ3n) is 3.01. The molecule has 1 saturated heterocycles. The molecule has 1 atom stereocenters. The Morgan fingerprint density at radius 2 is 2.25 bits per heavy atom. The van der Waals surface area contributed by atoms with E-state index in [1.54, 1.807) is 6.07 Å². The Balaban J connectivity index is 1.99. The van der Waals surface area contributed by atoms with E-state index in [1.807, 2.05) is 6.07 Å². The number of likely N-dealkylation sites (tertiary alicyclic amines) is 1. The summed E-state index contributed by atoms with van der Waals surface area (Å²) in [5.74, 6) is 0. The number of aliphatic hydroxyl groups excluding tert-OH is 1. The zero-order valence-electron chi connectivity index (χ0n) is 9.14. The molecule has 2 rings (SSSR count). The Morgan fingerprint density at radius 1 is 1.38 bits per heavy atom. The van der Waals surface area contributed by atoms with Crippen molar-refractivity contribution in [1.82, 2.24) is 15.1 Å². The number of nitrogens with zero attached hydrogens (tertiary/aromatic N) is 3. The zero-order chi connectivity index (χ0) is 11.4. The van der Waals surface area contributed by atoms with E-state index in [-0.39, 0.29) is 12.6 Å².